The molecule has 0 aliphatic heterocycles. The van der Waals surface area contributed by atoms with Gasteiger partial charge in [-0.25, -0.2) is 4.98 Å². The number of hydrogen-bond acceptors (Lipinski definition) is 2. The van der Waals surface area contributed by atoms with Crippen LogP contribution in [0.25, 0.3) is 0 Å². The van der Waals surface area contributed by atoms with Crippen LogP contribution in [0.2, 0.25) is 10.2 Å². The summed E-state index contributed by atoms with van der Waals surface area (Å²) in [7, 11) is 0. The molecule has 0 radical (unpaired) electrons. The minimum absolute atomic E-state index is 0.300. The Bertz CT molecular complexity index is 641. The fraction of sp³-hybridized carbons (Fsp3) is 0.250. The van der Waals surface area contributed by atoms with Gasteiger partial charge in [-0.3, -0.25) is 4.79 Å². The van der Waals surface area contributed by atoms with Crippen LogP contribution in [-0.4, -0.2) is 16.1 Å². The minimum atomic E-state index is -0.846. The average Bonchev–Trinajstić information content (AvgIpc) is 2.43. The zero-order valence-electron chi connectivity index (χ0n) is 11.5. The monoisotopic (exact) mass is 323 g/mol. The van der Waals surface area contributed by atoms with Crippen molar-refractivity contribution in [3.63, 3.8) is 0 Å². The number of nitrogens with zero attached hydrogens (tertiary/aromatic N) is 1. The molecule has 1 N–H and O–H groups in total. The molecule has 1 heterocycles. The molecule has 2 rings (SSSR count). The van der Waals surface area contributed by atoms with Gasteiger partial charge in [0, 0.05) is 11.2 Å². The molecule has 1 unspecified atom stereocenters. The summed E-state index contributed by atoms with van der Waals surface area (Å²) in [4.78, 5) is 15.4. The molecule has 0 amide bonds. The molecule has 0 fully saturated rings. The third kappa shape index (κ3) is 4.45. The van der Waals surface area contributed by atoms with Gasteiger partial charge in [0.25, 0.3) is 0 Å². The van der Waals surface area contributed by atoms with Gasteiger partial charge in [-0.1, -0.05) is 53.0 Å². The maximum Gasteiger partial charge on any atom is 0.307 e. The van der Waals surface area contributed by atoms with Crippen molar-refractivity contribution < 1.29 is 9.90 Å². The van der Waals surface area contributed by atoms with E-state index in [2.05, 4.69) is 4.98 Å². The van der Waals surface area contributed by atoms with Crippen molar-refractivity contribution in [2.45, 2.75) is 19.8 Å². The lowest BCUT2D eigenvalue weighted by Crippen LogP contribution is -2.19. The fourth-order valence-electron chi connectivity index (χ4n) is 2.11. The molecule has 0 saturated heterocycles. The Morgan fingerprint density at radius 1 is 1.24 bits per heavy atom. The number of carbonyl (C=O) groups is 1. The lowest BCUT2D eigenvalue weighted by molar-refractivity contribution is -0.141. The van der Waals surface area contributed by atoms with Crippen molar-refractivity contribution in [1.29, 1.82) is 0 Å². The third-order valence-corrected chi connectivity index (χ3v) is 3.87. The summed E-state index contributed by atoms with van der Waals surface area (Å²) in [5.74, 6) is -1.39. The van der Waals surface area contributed by atoms with Gasteiger partial charge in [0.05, 0.1) is 5.92 Å². The topological polar surface area (TPSA) is 50.2 Å². The van der Waals surface area contributed by atoms with Gasteiger partial charge in [-0.15, -0.1) is 0 Å². The van der Waals surface area contributed by atoms with E-state index >= 15 is 0 Å². The van der Waals surface area contributed by atoms with Gasteiger partial charge in [0.1, 0.15) is 5.15 Å². The van der Waals surface area contributed by atoms with E-state index in [-0.39, 0.29) is 0 Å². The van der Waals surface area contributed by atoms with Crippen LogP contribution in [0, 0.1) is 12.8 Å². The molecule has 0 spiro atoms. The quantitative estimate of drug-likeness (QED) is 0.839. The van der Waals surface area contributed by atoms with E-state index in [1.165, 1.54) is 12.3 Å². The first kappa shape index (κ1) is 15.8. The zero-order valence-corrected chi connectivity index (χ0v) is 13.0. The summed E-state index contributed by atoms with van der Waals surface area (Å²) in [6.45, 7) is 2.00. The smallest absolute Gasteiger partial charge is 0.307 e. The van der Waals surface area contributed by atoms with Crippen LogP contribution in [-0.2, 0) is 17.6 Å². The third-order valence-electron chi connectivity index (χ3n) is 3.31. The second-order valence-electron chi connectivity index (χ2n) is 5.03. The number of aryl methyl sites for hydroxylation is 1. The summed E-state index contributed by atoms with van der Waals surface area (Å²) >= 11 is 11.8. The molecule has 2 aromatic rings. The number of benzene rings is 1. The lowest BCUT2D eigenvalue weighted by atomic mass is 9.93. The first-order chi connectivity index (χ1) is 9.95. The maximum absolute atomic E-state index is 11.5. The van der Waals surface area contributed by atoms with Crippen molar-refractivity contribution in [2.24, 2.45) is 5.92 Å². The van der Waals surface area contributed by atoms with E-state index < -0.39 is 11.9 Å². The Morgan fingerprint density at radius 3 is 2.48 bits per heavy atom. The molecule has 110 valence electrons. The summed E-state index contributed by atoms with van der Waals surface area (Å²) in [5.41, 5.74) is 2.84. The molecule has 0 aliphatic rings. The number of halogens is 2. The number of rotatable bonds is 5. The van der Waals surface area contributed by atoms with Crippen LogP contribution in [0.4, 0.5) is 0 Å². The molecule has 0 bridgehead atoms. The molecule has 1 aromatic carbocycles. The van der Waals surface area contributed by atoms with E-state index in [0.29, 0.717) is 28.6 Å². The standard InChI is InChI=1S/C16H15Cl2NO2/c1-10-2-4-11(5-3-10)6-12(16(20)21)7-13-9-19-15(18)8-14(13)17/h2-5,8-9,12H,6-7H2,1H3,(H,20,21). The van der Waals surface area contributed by atoms with Crippen LogP contribution < -0.4 is 0 Å². The SMILES string of the molecule is Cc1ccc(CC(Cc2cnc(Cl)cc2Cl)C(=O)O)cc1. The summed E-state index contributed by atoms with van der Waals surface area (Å²) < 4.78 is 0. The summed E-state index contributed by atoms with van der Waals surface area (Å²) in [6, 6.07) is 9.39. The Hall–Kier alpha value is -1.58. The number of pyridine rings is 1. The van der Waals surface area contributed by atoms with Crippen LogP contribution in [0.5, 0.6) is 0 Å². The first-order valence-corrected chi connectivity index (χ1v) is 7.29. The van der Waals surface area contributed by atoms with Crippen LogP contribution in [0.1, 0.15) is 16.7 Å². The number of carboxylic acid groups (broad SMARTS) is 1. The van der Waals surface area contributed by atoms with Gasteiger partial charge >= 0.3 is 5.97 Å². The second-order valence-corrected chi connectivity index (χ2v) is 5.82. The van der Waals surface area contributed by atoms with Crippen molar-refractivity contribution in [3.05, 3.63) is 63.4 Å². The lowest BCUT2D eigenvalue weighted by Gasteiger charge is -2.13. The van der Waals surface area contributed by atoms with Gasteiger partial charge in [-0.05, 0) is 37.0 Å². The predicted molar refractivity (Wildman–Crippen MR) is 84.0 cm³/mol. The molecule has 0 aliphatic carbocycles. The van der Waals surface area contributed by atoms with E-state index in [1.807, 2.05) is 31.2 Å². The van der Waals surface area contributed by atoms with Gasteiger partial charge < -0.3 is 5.11 Å². The predicted octanol–water partition coefficient (Wildman–Crippen LogP) is 4.18. The number of carboxylic acids is 1. The molecular weight excluding hydrogens is 309 g/mol. The van der Waals surface area contributed by atoms with Crippen LogP contribution in [0.3, 0.4) is 0 Å². The number of aromatic nitrogens is 1. The highest BCUT2D eigenvalue weighted by molar-refractivity contribution is 6.34. The molecule has 3 nitrogen and oxygen atoms in total. The number of hydrogen-bond donors (Lipinski definition) is 1. The highest BCUT2D eigenvalue weighted by atomic mass is 35.5. The van der Waals surface area contributed by atoms with Gasteiger partial charge in [0.2, 0.25) is 0 Å². The molecule has 1 aromatic heterocycles. The molecule has 0 saturated carbocycles. The number of aliphatic carboxylic acids is 1. The van der Waals surface area contributed by atoms with Crippen molar-refractivity contribution in [3.8, 4) is 0 Å². The minimum Gasteiger partial charge on any atom is -0.481 e. The highest BCUT2D eigenvalue weighted by Crippen LogP contribution is 2.23. The second kappa shape index (κ2) is 6.92. The van der Waals surface area contributed by atoms with E-state index in [0.717, 1.165) is 11.1 Å². The Labute approximate surface area is 133 Å². The van der Waals surface area contributed by atoms with E-state index in [9.17, 15) is 9.90 Å². The highest BCUT2D eigenvalue weighted by Gasteiger charge is 2.20. The van der Waals surface area contributed by atoms with Gasteiger partial charge in [0.15, 0.2) is 0 Å². The molecule has 5 heteroatoms. The van der Waals surface area contributed by atoms with Gasteiger partial charge in [-0.2, -0.15) is 0 Å². The van der Waals surface area contributed by atoms with Crippen molar-refractivity contribution >= 4 is 29.2 Å². The molecular formula is C16H15Cl2NO2. The normalized spacial score (nSPS) is 12.1. The zero-order chi connectivity index (χ0) is 15.4. The van der Waals surface area contributed by atoms with Crippen LogP contribution in [0.15, 0.2) is 36.5 Å². The summed E-state index contributed by atoms with van der Waals surface area (Å²) in [5, 5.41) is 10.2. The molecule has 1 atom stereocenters. The van der Waals surface area contributed by atoms with Crippen molar-refractivity contribution in [2.75, 3.05) is 0 Å². The summed E-state index contributed by atoms with van der Waals surface area (Å²) in [6.07, 6.45) is 2.32. The van der Waals surface area contributed by atoms with Crippen LogP contribution >= 0.6 is 23.2 Å². The largest absolute Gasteiger partial charge is 0.481 e. The fourth-order valence-corrected chi connectivity index (χ4v) is 2.55. The van der Waals surface area contributed by atoms with E-state index in [4.69, 9.17) is 23.2 Å². The Kier molecular flexibility index (Phi) is 5.21. The van der Waals surface area contributed by atoms with E-state index in [1.54, 1.807) is 0 Å². The van der Waals surface area contributed by atoms with Crippen molar-refractivity contribution in [1.82, 2.24) is 4.98 Å². The Balaban J connectivity index is 2.15. The maximum atomic E-state index is 11.5. The molecule has 21 heavy (non-hydrogen) atoms. The first-order valence-electron chi connectivity index (χ1n) is 6.54. The average molecular weight is 324 g/mol. The Morgan fingerprint density at radius 2 is 1.90 bits per heavy atom.